The Balaban J connectivity index is 2.24. The minimum Gasteiger partial charge on any atom is -0.506 e. The number of carbonyl (C=O) groups excluding carboxylic acids is 1. The number of aryl methyl sites for hydroxylation is 2. The monoisotopic (exact) mass is 390 g/mol. The van der Waals surface area contributed by atoms with Crippen LogP contribution < -0.4 is 10.0 Å². The first kappa shape index (κ1) is 20.9. The van der Waals surface area contributed by atoms with Gasteiger partial charge in [0.2, 0.25) is 15.9 Å². The molecule has 0 spiro atoms. The summed E-state index contributed by atoms with van der Waals surface area (Å²) >= 11 is 0. The molecule has 0 fully saturated rings. The molecule has 6 nitrogen and oxygen atoms in total. The Kier molecular flexibility index (Phi) is 6.62. The molecule has 0 aliphatic carbocycles. The molecule has 3 N–H and O–H groups in total. The van der Waals surface area contributed by atoms with Crippen LogP contribution in [0.1, 0.15) is 31.4 Å². The van der Waals surface area contributed by atoms with Crippen LogP contribution in [0.2, 0.25) is 0 Å². The summed E-state index contributed by atoms with van der Waals surface area (Å²) < 4.78 is 27.8. The summed E-state index contributed by atoms with van der Waals surface area (Å²) in [5, 5.41) is 12.6. The summed E-state index contributed by atoms with van der Waals surface area (Å²) in [6.45, 7) is 7.52. The predicted octanol–water partition coefficient (Wildman–Crippen LogP) is 3.34. The first-order valence-electron chi connectivity index (χ1n) is 8.78. The molecule has 0 saturated carbocycles. The molecule has 2 aromatic carbocycles. The van der Waals surface area contributed by atoms with E-state index in [4.69, 9.17) is 0 Å². The number of sulfonamides is 1. The van der Waals surface area contributed by atoms with E-state index in [1.165, 1.54) is 18.2 Å². The molecule has 7 heteroatoms. The number of rotatable bonds is 7. The van der Waals surface area contributed by atoms with E-state index in [0.717, 1.165) is 11.1 Å². The smallest absolute Gasteiger partial charge is 0.242 e. The van der Waals surface area contributed by atoms with Crippen molar-refractivity contribution in [1.82, 2.24) is 4.72 Å². The lowest BCUT2D eigenvalue weighted by Crippen LogP contribution is -2.44. The highest BCUT2D eigenvalue weighted by Crippen LogP contribution is 2.24. The Bertz CT molecular complexity index is 906. The van der Waals surface area contributed by atoms with Gasteiger partial charge in [0.25, 0.3) is 0 Å². The molecule has 0 bridgehead atoms. The maximum atomic E-state index is 12.7. The number of phenolic OH excluding ortho intramolecular Hbond substituents is 1. The normalized spacial score (nSPS) is 12.8. The highest BCUT2D eigenvalue weighted by Gasteiger charge is 2.27. The van der Waals surface area contributed by atoms with Gasteiger partial charge in [0.05, 0.1) is 10.6 Å². The van der Waals surface area contributed by atoms with Gasteiger partial charge in [0, 0.05) is 0 Å². The standard InChI is InChI=1S/C20H26N2O4S/c1-13(2)11-18(20(24)21-17-12-15(4)7-10-19(17)23)22-27(25,26)16-8-5-14(3)6-9-16/h5-10,12-13,18,22-23H,11H2,1-4H3,(H,21,24). The van der Waals surface area contributed by atoms with Crippen LogP contribution in [0.4, 0.5) is 5.69 Å². The summed E-state index contributed by atoms with van der Waals surface area (Å²) in [5.41, 5.74) is 2.06. The summed E-state index contributed by atoms with van der Waals surface area (Å²) in [5.74, 6) is -0.494. The number of benzene rings is 2. The van der Waals surface area contributed by atoms with Gasteiger partial charge >= 0.3 is 0 Å². The van der Waals surface area contributed by atoms with Crippen molar-refractivity contribution in [3.8, 4) is 5.75 Å². The van der Waals surface area contributed by atoms with Gasteiger partial charge in [-0.3, -0.25) is 4.79 Å². The Hall–Kier alpha value is -2.38. The summed E-state index contributed by atoms with van der Waals surface area (Å²) in [6.07, 6.45) is 0.323. The van der Waals surface area contributed by atoms with Crippen LogP contribution in [0.25, 0.3) is 0 Å². The first-order valence-corrected chi connectivity index (χ1v) is 10.3. The zero-order chi connectivity index (χ0) is 20.2. The van der Waals surface area contributed by atoms with Crippen molar-refractivity contribution in [2.75, 3.05) is 5.32 Å². The third-order valence-electron chi connectivity index (χ3n) is 4.06. The van der Waals surface area contributed by atoms with Crippen LogP contribution >= 0.6 is 0 Å². The van der Waals surface area contributed by atoms with Crippen LogP contribution in [0, 0.1) is 19.8 Å². The van der Waals surface area contributed by atoms with E-state index in [-0.39, 0.29) is 22.3 Å². The second-order valence-corrected chi connectivity index (χ2v) is 8.84. The minimum absolute atomic E-state index is 0.0707. The highest BCUT2D eigenvalue weighted by molar-refractivity contribution is 7.89. The molecule has 0 aromatic heterocycles. The quantitative estimate of drug-likeness (QED) is 0.632. The number of nitrogens with one attached hydrogen (secondary N) is 2. The molecule has 0 aliphatic heterocycles. The molecule has 1 unspecified atom stereocenters. The van der Waals surface area contributed by atoms with E-state index in [0.29, 0.717) is 6.42 Å². The molecule has 146 valence electrons. The Morgan fingerprint density at radius 2 is 1.63 bits per heavy atom. The molecular formula is C20H26N2O4S. The fourth-order valence-corrected chi connectivity index (χ4v) is 3.83. The average molecular weight is 391 g/mol. The molecule has 1 atom stereocenters. The van der Waals surface area contributed by atoms with E-state index < -0.39 is 22.0 Å². The van der Waals surface area contributed by atoms with Gasteiger partial charge in [0.15, 0.2) is 0 Å². The third kappa shape index (κ3) is 5.80. The number of phenols is 1. The van der Waals surface area contributed by atoms with Crippen molar-refractivity contribution in [2.24, 2.45) is 5.92 Å². The summed E-state index contributed by atoms with van der Waals surface area (Å²) in [4.78, 5) is 12.8. The van der Waals surface area contributed by atoms with Gasteiger partial charge in [-0.1, -0.05) is 37.6 Å². The summed E-state index contributed by atoms with van der Waals surface area (Å²) in [6, 6.07) is 10.3. The van der Waals surface area contributed by atoms with Crippen LogP contribution in [0.5, 0.6) is 5.75 Å². The van der Waals surface area contributed by atoms with Crippen molar-refractivity contribution in [1.29, 1.82) is 0 Å². The second kappa shape index (κ2) is 8.54. The van der Waals surface area contributed by atoms with Gasteiger partial charge in [-0.05, 0) is 56.0 Å². The average Bonchev–Trinajstić information content (AvgIpc) is 2.57. The topological polar surface area (TPSA) is 95.5 Å². The Morgan fingerprint density at radius 1 is 1.04 bits per heavy atom. The first-order chi connectivity index (χ1) is 12.6. The molecule has 1 amide bonds. The fourth-order valence-electron chi connectivity index (χ4n) is 2.62. The molecule has 2 rings (SSSR count). The van der Waals surface area contributed by atoms with E-state index in [1.807, 2.05) is 27.7 Å². The van der Waals surface area contributed by atoms with E-state index >= 15 is 0 Å². The number of aromatic hydroxyl groups is 1. The largest absolute Gasteiger partial charge is 0.506 e. The van der Waals surface area contributed by atoms with Crippen molar-refractivity contribution in [3.05, 3.63) is 53.6 Å². The van der Waals surface area contributed by atoms with Crippen LogP contribution in [-0.2, 0) is 14.8 Å². The number of hydrogen-bond donors (Lipinski definition) is 3. The minimum atomic E-state index is -3.85. The lowest BCUT2D eigenvalue weighted by molar-refractivity contribution is -0.118. The van der Waals surface area contributed by atoms with Crippen molar-refractivity contribution in [3.63, 3.8) is 0 Å². The lowest BCUT2D eigenvalue weighted by Gasteiger charge is -2.20. The third-order valence-corrected chi connectivity index (χ3v) is 5.55. The van der Waals surface area contributed by atoms with E-state index in [1.54, 1.807) is 24.3 Å². The number of anilines is 1. The predicted molar refractivity (Wildman–Crippen MR) is 106 cm³/mol. The van der Waals surface area contributed by atoms with Gasteiger partial charge in [-0.2, -0.15) is 4.72 Å². The van der Waals surface area contributed by atoms with Crippen molar-refractivity contribution in [2.45, 2.75) is 45.1 Å². The number of carbonyl (C=O) groups is 1. The molecular weight excluding hydrogens is 364 g/mol. The fraction of sp³-hybridized carbons (Fsp3) is 0.350. The number of hydrogen-bond acceptors (Lipinski definition) is 4. The second-order valence-electron chi connectivity index (χ2n) is 7.13. The van der Waals surface area contributed by atoms with Gasteiger partial charge in [0.1, 0.15) is 11.8 Å². The SMILES string of the molecule is Cc1ccc(S(=O)(=O)NC(CC(C)C)C(=O)Nc2cc(C)ccc2O)cc1. The maximum Gasteiger partial charge on any atom is 0.242 e. The van der Waals surface area contributed by atoms with E-state index in [9.17, 15) is 18.3 Å². The van der Waals surface area contributed by atoms with Crippen LogP contribution in [0.3, 0.4) is 0 Å². The molecule has 0 heterocycles. The van der Waals surface area contributed by atoms with E-state index in [2.05, 4.69) is 10.0 Å². The summed E-state index contributed by atoms with van der Waals surface area (Å²) in [7, 11) is -3.85. The Morgan fingerprint density at radius 3 is 2.22 bits per heavy atom. The Labute approximate surface area is 160 Å². The van der Waals surface area contributed by atoms with Gasteiger partial charge in [-0.15, -0.1) is 0 Å². The van der Waals surface area contributed by atoms with Crippen molar-refractivity contribution >= 4 is 21.6 Å². The molecule has 0 aliphatic rings. The molecule has 2 aromatic rings. The zero-order valence-electron chi connectivity index (χ0n) is 16.0. The lowest BCUT2D eigenvalue weighted by atomic mass is 10.0. The van der Waals surface area contributed by atoms with Crippen molar-refractivity contribution < 1.29 is 18.3 Å². The molecule has 27 heavy (non-hydrogen) atoms. The molecule has 0 radical (unpaired) electrons. The van der Waals surface area contributed by atoms with Crippen LogP contribution in [0.15, 0.2) is 47.4 Å². The zero-order valence-corrected chi connectivity index (χ0v) is 16.8. The number of amides is 1. The molecule has 0 saturated heterocycles. The van der Waals surface area contributed by atoms with Gasteiger partial charge in [-0.25, -0.2) is 8.42 Å². The van der Waals surface area contributed by atoms with Gasteiger partial charge < -0.3 is 10.4 Å². The maximum absolute atomic E-state index is 12.7. The highest BCUT2D eigenvalue weighted by atomic mass is 32.2. The van der Waals surface area contributed by atoms with Crippen LogP contribution in [-0.4, -0.2) is 25.5 Å².